The third-order valence-corrected chi connectivity index (χ3v) is 4.33. The van der Waals surface area contributed by atoms with Crippen LogP contribution < -0.4 is 0 Å². The molecule has 1 heterocycles. The average molecular weight is 262 g/mol. The molecule has 1 unspecified atom stereocenters. The Hall–Kier alpha value is -0.730. The van der Waals surface area contributed by atoms with Crippen molar-refractivity contribution < 1.29 is 4.74 Å². The molecular formula is C16H22OS. The van der Waals surface area contributed by atoms with Crippen molar-refractivity contribution in [3.63, 3.8) is 0 Å². The third-order valence-electron chi connectivity index (χ3n) is 3.39. The van der Waals surface area contributed by atoms with E-state index in [-0.39, 0.29) is 5.60 Å². The predicted octanol–water partition coefficient (Wildman–Crippen LogP) is 4.68. The molecule has 1 saturated heterocycles. The van der Waals surface area contributed by atoms with Crippen LogP contribution in [0, 0.1) is 0 Å². The molecular weight excluding hydrogens is 240 g/mol. The Bertz CT molecular complexity index is 408. The number of benzene rings is 1. The topological polar surface area (TPSA) is 12.5 Å². The number of ether oxygens (including phenoxy) is 1. The first-order valence-electron chi connectivity index (χ1n) is 6.59. The summed E-state index contributed by atoms with van der Waals surface area (Å²) in [5.41, 5.74) is 1.61. The fourth-order valence-corrected chi connectivity index (χ4v) is 2.91. The van der Waals surface area contributed by atoms with Crippen LogP contribution in [-0.4, -0.2) is 17.5 Å². The van der Waals surface area contributed by atoms with Gasteiger partial charge < -0.3 is 4.74 Å². The molecule has 2 rings (SSSR count). The number of thioether (sulfide) groups is 1. The molecule has 1 fully saturated rings. The minimum Gasteiger partial charge on any atom is -0.367 e. The standard InChI is InChI=1S/C16H22OS/c1-13(9-10-15-16(2,3)17-15)11-12-18-14-7-5-4-6-8-14/h4-8,11,15H,9-10,12H2,1-3H3/b13-11-. The van der Waals surface area contributed by atoms with Crippen LogP contribution in [0.15, 0.2) is 46.9 Å². The molecule has 18 heavy (non-hydrogen) atoms. The molecule has 1 aromatic rings. The third kappa shape index (κ3) is 4.18. The van der Waals surface area contributed by atoms with E-state index in [1.807, 2.05) is 11.8 Å². The van der Waals surface area contributed by atoms with Gasteiger partial charge in [0.2, 0.25) is 0 Å². The minimum absolute atomic E-state index is 0.138. The zero-order valence-electron chi connectivity index (χ0n) is 11.5. The Kier molecular flexibility index (Phi) is 4.52. The molecule has 0 aliphatic carbocycles. The zero-order chi connectivity index (χ0) is 13.0. The molecule has 1 aromatic carbocycles. The van der Waals surface area contributed by atoms with Gasteiger partial charge in [0.15, 0.2) is 0 Å². The Morgan fingerprint density at radius 2 is 2.00 bits per heavy atom. The molecule has 1 nitrogen and oxygen atoms in total. The molecule has 2 heteroatoms. The van der Waals surface area contributed by atoms with Gasteiger partial charge in [-0.25, -0.2) is 0 Å². The SMILES string of the molecule is C/C(=C/CSc1ccccc1)CCC1OC1(C)C. The van der Waals surface area contributed by atoms with Gasteiger partial charge in [-0.05, 0) is 45.7 Å². The lowest BCUT2D eigenvalue weighted by Crippen LogP contribution is -2.02. The summed E-state index contributed by atoms with van der Waals surface area (Å²) in [6.45, 7) is 6.56. The number of allylic oxidation sites excluding steroid dienone is 1. The van der Waals surface area contributed by atoms with Crippen molar-refractivity contribution in [3.05, 3.63) is 42.0 Å². The van der Waals surface area contributed by atoms with Gasteiger partial charge in [-0.15, -0.1) is 11.8 Å². The van der Waals surface area contributed by atoms with E-state index in [1.165, 1.54) is 10.5 Å². The lowest BCUT2D eigenvalue weighted by atomic mass is 10.0. The normalized spacial score (nSPS) is 21.9. The Balaban J connectivity index is 1.66. The fraction of sp³-hybridized carbons (Fsp3) is 0.500. The van der Waals surface area contributed by atoms with Crippen LogP contribution in [0.3, 0.4) is 0 Å². The molecule has 1 atom stereocenters. The van der Waals surface area contributed by atoms with E-state index in [4.69, 9.17) is 4.74 Å². The van der Waals surface area contributed by atoms with Crippen LogP contribution >= 0.6 is 11.8 Å². The van der Waals surface area contributed by atoms with Crippen LogP contribution in [0.2, 0.25) is 0 Å². The van der Waals surface area contributed by atoms with Gasteiger partial charge in [0, 0.05) is 10.6 Å². The first-order valence-corrected chi connectivity index (χ1v) is 7.58. The van der Waals surface area contributed by atoms with Crippen LogP contribution in [0.25, 0.3) is 0 Å². The highest BCUT2D eigenvalue weighted by atomic mass is 32.2. The highest BCUT2D eigenvalue weighted by Crippen LogP contribution is 2.38. The van der Waals surface area contributed by atoms with Crippen molar-refractivity contribution in [2.75, 3.05) is 5.75 Å². The summed E-state index contributed by atoms with van der Waals surface area (Å²) >= 11 is 1.89. The summed E-state index contributed by atoms with van der Waals surface area (Å²) in [6.07, 6.45) is 5.13. The Morgan fingerprint density at radius 1 is 1.33 bits per heavy atom. The van der Waals surface area contributed by atoms with Crippen molar-refractivity contribution in [1.82, 2.24) is 0 Å². The largest absolute Gasteiger partial charge is 0.367 e. The second-order valence-corrected chi connectivity index (χ2v) is 6.52. The summed E-state index contributed by atoms with van der Waals surface area (Å²) in [5.74, 6) is 1.06. The van der Waals surface area contributed by atoms with Crippen LogP contribution in [-0.2, 0) is 4.74 Å². The molecule has 0 N–H and O–H groups in total. The molecule has 0 bridgehead atoms. The van der Waals surface area contributed by atoms with Crippen molar-refractivity contribution in [2.45, 2.75) is 50.2 Å². The number of hydrogen-bond donors (Lipinski definition) is 0. The van der Waals surface area contributed by atoms with E-state index >= 15 is 0 Å². The quantitative estimate of drug-likeness (QED) is 0.419. The molecule has 0 aromatic heterocycles. The number of rotatable bonds is 6. The Morgan fingerprint density at radius 3 is 2.61 bits per heavy atom. The predicted molar refractivity (Wildman–Crippen MR) is 79.1 cm³/mol. The van der Waals surface area contributed by atoms with Crippen molar-refractivity contribution in [3.8, 4) is 0 Å². The average Bonchev–Trinajstić information content (AvgIpc) is 2.96. The molecule has 1 aliphatic heterocycles. The summed E-state index contributed by atoms with van der Waals surface area (Å²) in [7, 11) is 0. The van der Waals surface area contributed by atoms with Crippen molar-refractivity contribution >= 4 is 11.8 Å². The lowest BCUT2D eigenvalue weighted by Gasteiger charge is -2.01. The van der Waals surface area contributed by atoms with Gasteiger partial charge in [-0.3, -0.25) is 0 Å². The van der Waals surface area contributed by atoms with E-state index in [2.05, 4.69) is 57.2 Å². The lowest BCUT2D eigenvalue weighted by molar-refractivity contribution is 0.320. The van der Waals surface area contributed by atoms with Gasteiger partial charge in [0.1, 0.15) is 0 Å². The first kappa shape index (κ1) is 13.7. The molecule has 1 aliphatic rings. The maximum Gasteiger partial charge on any atom is 0.0892 e. The van der Waals surface area contributed by atoms with E-state index in [0.29, 0.717) is 6.10 Å². The molecule has 0 amide bonds. The maximum absolute atomic E-state index is 5.60. The van der Waals surface area contributed by atoms with Gasteiger partial charge in [0.05, 0.1) is 11.7 Å². The summed E-state index contributed by atoms with van der Waals surface area (Å²) in [4.78, 5) is 1.34. The fourth-order valence-electron chi connectivity index (χ4n) is 2.00. The van der Waals surface area contributed by atoms with E-state index in [0.717, 1.165) is 18.6 Å². The van der Waals surface area contributed by atoms with Crippen molar-refractivity contribution in [2.24, 2.45) is 0 Å². The highest BCUT2D eigenvalue weighted by Gasteiger charge is 2.46. The van der Waals surface area contributed by atoms with Gasteiger partial charge in [-0.1, -0.05) is 29.8 Å². The van der Waals surface area contributed by atoms with Crippen LogP contribution in [0.1, 0.15) is 33.6 Å². The maximum atomic E-state index is 5.60. The monoisotopic (exact) mass is 262 g/mol. The van der Waals surface area contributed by atoms with Gasteiger partial charge in [-0.2, -0.15) is 0 Å². The number of hydrogen-bond acceptors (Lipinski definition) is 2. The smallest absolute Gasteiger partial charge is 0.0892 e. The summed E-state index contributed by atoms with van der Waals surface area (Å²) in [6, 6.07) is 10.6. The van der Waals surface area contributed by atoms with E-state index in [9.17, 15) is 0 Å². The van der Waals surface area contributed by atoms with Gasteiger partial charge >= 0.3 is 0 Å². The summed E-state index contributed by atoms with van der Waals surface area (Å²) < 4.78 is 5.60. The van der Waals surface area contributed by atoms with E-state index in [1.54, 1.807) is 0 Å². The summed E-state index contributed by atoms with van der Waals surface area (Å²) in [5, 5.41) is 0. The van der Waals surface area contributed by atoms with Crippen LogP contribution in [0.5, 0.6) is 0 Å². The second kappa shape index (κ2) is 5.94. The molecule has 0 saturated carbocycles. The van der Waals surface area contributed by atoms with Crippen molar-refractivity contribution in [1.29, 1.82) is 0 Å². The van der Waals surface area contributed by atoms with Crippen LogP contribution in [0.4, 0.5) is 0 Å². The molecule has 98 valence electrons. The van der Waals surface area contributed by atoms with E-state index < -0.39 is 0 Å². The zero-order valence-corrected chi connectivity index (χ0v) is 12.3. The highest BCUT2D eigenvalue weighted by molar-refractivity contribution is 7.99. The number of epoxide rings is 1. The second-order valence-electron chi connectivity index (χ2n) is 5.42. The van der Waals surface area contributed by atoms with Gasteiger partial charge in [0.25, 0.3) is 0 Å². The minimum atomic E-state index is 0.138. The molecule has 0 spiro atoms. The first-order chi connectivity index (χ1) is 8.58. The Labute approximate surface area is 115 Å². The molecule has 0 radical (unpaired) electrons.